The molecule has 4 fully saturated rings. The lowest BCUT2D eigenvalue weighted by Gasteiger charge is -2.38. The normalized spacial score (nSPS) is 27.3. The minimum Gasteiger partial charge on any atom is -0.444 e. The Hall–Kier alpha value is -3.63. The first kappa shape index (κ1) is 33.8. The van der Waals surface area contributed by atoms with Crippen LogP contribution in [-0.2, 0) is 24.8 Å². The molecule has 2 aliphatic heterocycles. The van der Waals surface area contributed by atoms with E-state index < -0.39 is 36.2 Å². The Kier molecular flexibility index (Phi) is 9.15. The van der Waals surface area contributed by atoms with Gasteiger partial charge in [0.1, 0.15) is 24.0 Å². The fraction of sp³-hybridized carbons (Fsp3) is 0.684. The Morgan fingerprint density at radius 1 is 1.00 bits per heavy atom. The summed E-state index contributed by atoms with van der Waals surface area (Å²) >= 11 is 0. The maximum atomic E-state index is 14.3. The number of amides is 3. The first-order valence-corrected chi connectivity index (χ1v) is 18.5. The summed E-state index contributed by atoms with van der Waals surface area (Å²) in [5, 5.41) is 6.75. The molecule has 10 nitrogen and oxygen atoms in total. The third-order valence-corrected chi connectivity index (χ3v) is 11.9. The van der Waals surface area contributed by atoms with Gasteiger partial charge < -0.3 is 25.0 Å². The molecule has 3 heterocycles. The van der Waals surface area contributed by atoms with Crippen molar-refractivity contribution in [3.63, 3.8) is 0 Å². The molecule has 11 heteroatoms. The topological polar surface area (TPSA) is 119 Å². The number of nitrogens with one attached hydrogen (secondary N) is 2. The Bertz CT molecular complexity index is 1600. The van der Waals surface area contributed by atoms with Crippen molar-refractivity contribution in [1.29, 1.82) is 0 Å². The number of carbonyl (C=O) groups is 4. The Labute approximate surface area is 287 Å². The number of rotatable bonds is 7. The molecule has 1 spiro atoms. The lowest BCUT2D eigenvalue weighted by atomic mass is 9.76. The molecule has 1 saturated heterocycles. The van der Waals surface area contributed by atoms with E-state index in [1.807, 2.05) is 33.7 Å². The zero-order valence-electron chi connectivity index (χ0n) is 29.1. The van der Waals surface area contributed by atoms with Gasteiger partial charge in [-0.3, -0.25) is 14.2 Å². The fourth-order valence-corrected chi connectivity index (χ4v) is 9.37. The number of nitrogens with zero attached hydrogens (tertiary/aromatic N) is 2. The Morgan fingerprint density at radius 3 is 2.39 bits per heavy atom. The minimum atomic E-state index is -0.692. The molecule has 49 heavy (non-hydrogen) atoms. The number of hydrogen-bond donors (Lipinski definition) is 2. The van der Waals surface area contributed by atoms with Crippen molar-refractivity contribution in [2.45, 2.75) is 128 Å². The summed E-state index contributed by atoms with van der Waals surface area (Å²) in [7, 11) is 0. The summed E-state index contributed by atoms with van der Waals surface area (Å²) < 4.78 is 27.2. The number of alkyl halides is 1. The van der Waals surface area contributed by atoms with E-state index in [9.17, 15) is 23.6 Å². The highest BCUT2D eigenvalue weighted by Crippen LogP contribution is 2.48. The number of fused-ring (bicyclic) bond motifs is 4. The quantitative estimate of drug-likeness (QED) is 0.303. The van der Waals surface area contributed by atoms with Gasteiger partial charge in [-0.25, -0.2) is 14.0 Å². The standard InChI is InChI=1S/C38H51FN4O6/c1-37(2,3)49-36(47)41-29(22-39)24-10-12-25(13-11-24)34(45)42-19-16-28(23-8-5-4-6-9-23)32(42)33(44)40-27-14-15-30-26(20-27)21-31-35(46)48-38(43(30)31)17-7-18-38/h14-15,20-21,23-25,28-29,32H,4-13,16-19,22H2,1-3H3,(H,40,44)(H,41,47)/t24?,25?,28-,29?,32-/m0/s1. The van der Waals surface area contributed by atoms with Crippen LogP contribution in [0.4, 0.5) is 14.9 Å². The van der Waals surface area contributed by atoms with E-state index in [2.05, 4.69) is 10.6 Å². The Balaban J connectivity index is 1.05. The van der Waals surface area contributed by atoms with Gasteiger partial charge in [-0.05, 0) is 101 Å². The van der Waals surface area contributed by atoms with Crippen LogP contribution in [0.25, 0.3) is 10.9 Å². The van der Waals surface area contributed by atoms with Crippen LogP contribution in [0.15, 0.2) is 24.3 Å². The van der Waals surface area contributed by atoms with Gasteiger partial charge in [-0.1, -0.05) is 32.1 Å². The second-order valence-electron chi connectivity index (χ2n) is 16.2. The summed E-state index contributed by atoms with van der Waals surface area (Å²) in [4.78, 5) is 55.3. The molecule has 5 aliphatic rings. The van der Waals surface area contributed by atoms with Crippen LogP contribution in [0.2, 0.25) is 0 Å². The van der Waals surface area contributed by atoms with Crippen LogP contribution in [0.5, 0.6) is 0 Å². The summed E-state index contributed by atoms with van der Waals surface area (Å²) in [6.45, 7) is 5.18. The highest BCUT2D eigenvalue weighted by Gasteiger charge is 2.51. The van der Waals surface area contributed by atoms with Gasteiger partial charge in [0.2, 0.25) is 11.8 Å². The van der Waals surface area contributed by atoms with E-state index in [1.54, 1.807) is 20.8 Å². The number of alkyl carbamates (subject to hydrolysis) is 1. The average molecular weight is 679 g/mol. The van der Waals surface area contributed by atoms with Gasteiger partial charge >= 0.3 is 12.1 Å². The van der Waals surface area contributed by atoms with Crippen molar-refractivity contribution in [1.82, 2.24) is 14.8 Å². The number of aromatic nitrogens is 1. The number of halogens is 1. The summed E-state index contributed by atoms with van der Waals surface area (Å²) in [5.41, 5.74) is 0.874. The number of anilines is 1. The zero-order chi connectivity index (χ0) is 34.5. The van der Waals surface area contributed by atoms with E-state index >= 15 is 0 Å². The lowest BCUT2D eigenvalue weighted by molar-refractivity contribution is -0.142. The summed E-state index contributed by atoms with van der Waals surface area (Å²) in [6, 6.07) is 6.40. The maximum Gasteiger partial charge on any atom is 0.407 e. The molecule has 1 unspecified atom stereocenters. The smallest absolute Gasteiger partial charge is 0.407 e. The molecule has 0 radical (unpaired) electrons. The molecule has 3 atom stereocenters. The molecular formula is C38H51FN4O6. The minimum absolute atomic E-state index is 0.0115. The molecule has 3 aliphatic carbocycles. The van der Waals surface area contributed by atoms with Crippen molar-refractivity contribution in [2.24, 2.45) is 23.7 Å². The van der Waals surface area contributed by atoms with Gasteiger partial charge in [0.05, 0.1) is 11.6 Å². The molecular weight excluding hydrogens is 627 g/mol. The van der Waals surface area contributed by atoms with E-state index in [0.717, 1.165) is 62.3 Å². The largest absolute Gasteiger partial charge is 0.444 e. The zero-order valence-corrected chi connectivity index (χ0v) is 29.1. The predicted molar refractivity (Wildman–Crippen MR) is 183 cm³/mol. The van der Waals surface area contributed by atoms with E-state index in [0.29, 0.717) is 49.5 Å². The van der Waals surface area contributed by atoms with Crippen molar-refractivity contribution >= 4 is 40.5 Å². The SMILES string of the molecule is CC(C)(C)OC(=O)NC(CF)C1CCC(C(=O)N2CC[C@@H](C3CCCCC3)[C@H]2C(=O)Nc2ccc3c(c2)cc2n3C3(CCC3)OC2=O)CC1. The molecule has 2 aromatic rings. The first-order chi connectivity index (χ1) is 23.5. The third-order valence-electron chi connectivity index (χ3n) is 11.9. The number of likely N-dealkylation sites (tertiary alicyclic amines) is 1. The molecule has 0 bridgehead atoms. The van der Waals surface area contributed by atoms with E-state index in [1.165, 1.54) is 6.42 Å². The van der Waals surface area contributed by atoms with Crippen LogP contribution in [0.1, 0.15) is 115 Å². The Morgan fingerprint density at radius 2 is 1.73 bits per heavy atom. The van der Waals surface area contributed by atoms with Crippen LogP contribution in [-0.4, -0.2) is 64.2 Å². The molecule has 3 amide bonds. The van der Waals surface area contributed by atoms with Crippen LogP contribution in [0.3, 0.4) is 0 Å². The van der Waals surface area contributed by atoms with Crippen molar-refractivity contribution in [2.75, 3.05) is 18.5 Å². The number of ether oxygens (including phenoxy) is 2. The van der Waals surface area contributed by atoms with Crippen molar-refractivity contribution in [3.8, 4) is 0 Å². The maximum absolute atomic E-state index is 14.3. The molecule has 7 rings (SSSR count). The van der Waals surface area contributed by atoms with E-state index in [-0.39, 0.29) is 35.5 Å². The summed E-state index contributed by atoms with van der Waals surface area (Å²) in [5.74, 6) is -0.260. The van der Waals surface area contributed by atoms with E-state index in [4.69, 9.17) is 9.47 Å². The molecule has 266 valence electrons. The number of hydrogen-bond acceptors (Lipinski definition) is 6. The molecule has 2 N–H and O–H groups in total. The van der Waals surface area contributed by atoms with Gasteiger partial charge in [0.15, 0.2) is 5.72 Å². The number of carbonyl (C=O) groups excluding carboxylic acids is 4. The predicted octanol–water partition coefficient (Wildman–Crippen LogP) is 7.05. The van der Waals surface area contributed by atoms with Gasteiger partial charge in [-0.15, -0.1) is 0 Å². The first-order valence-electron chi connectivity index (χ1n) is 18.5. The molecule has 1 aromatic carbocycles. The molecule has 3 saturated carbocycles. The highest BCUT2D eigenvalue weighted by atomic mass is 19.1. The third kappa shape index (κ3) is 6.54. The second kappa shape index (κ2) is 13.2. The van der Waals surface area contributed by atoms with Crippen LogP contribution >= 0.6 is 0 Å². The average Bonchev–Trinajstić information content (AvgIpc) is 3.75. The van der Waals surface area contributed by atoms with Gasteiger partial charge in [0.25, 0.3) is 0 Å². The fourth-order valence-electron chi connectivity index (χ4n) is 9.37. The van der Waals surface area contributed by atoms with Crippen LogP contribution < -0.4 is 10.6 Å². The summed E-state index contributed by atoms with van der Waals surface area (Å²) in [6.07, 6.45) is 10.9. The highest BCUT2D eigenvalue weighted by molar-refractivity contribution is 6.02. The second-order valence-corrected chi connectivity index (χ2v) is 16.2. The monoisotopic (exact) mass is 678 g/mol. The van der Waals surface area contributed by atoms with Crippen molar-refractivity contribution < 1.29 is 33.0 Å². The van der Waals surface area contributed by atoms with Crippen LogP contribution in [0, 0.1) is 23.7 Å². The van der Waals surface area contributed by atoms with Gasteiger partial charge in [-0.2, -0.15) is 0 Å². The molecule has 1 aromatic heterocycles. The van der Waals surface area contributed by atoms with Gasteiger partial charge in [0, 0.05) is 36.4 Å². The number of benzene rings is 1. The lowest BCUT2D eigenvalue weighted by Crippen LogP contribution is -2.50. The number of esters is 1. The van der Waals surface area contributed by atoms with Crippen molar-refractivity contribution in [3.05, 3.63) is 30.0 Å².